The van der Waals surface area contributed by atoms with E-state index in [1.165, 1.54) is 12.4 Å². The molecule has 0 aliphatic carbocycles. The standard InChI is InChI=1S/C13H14FN3O/c1-2-18-13-4-3-11(5-12(13)14)17-8-10-6-15-9-16-7-10/h3-7,9,17H,2,8H2,1H3. The predicted octanol–water partition coefficient (Wildman–Crippen LogP) is 2.63. The van der Waals surface area contributed by atoms with Gasteiger partial charge in [-0.15, -0.1) is 0 Å². The van der Waals surface area contributed by atoms with E-state index in [0.717, 1.165) is 5.56 Å². The Balaban J connectivity index is 2.00. The summed E-state index contributed by atoms with van der Waals surface area (Å²) in [6.07, 6.45) is 4.90. The SMILES string of the molecule is CCOc1ccc(NCc2cncnc2)cc1F. The van der Waals surface area contributed by atoms with Crippen LogP contribution in [0.1, 0.15) is 12.5 Å². The summed E-state index contributed by atoms with van der Waals surface area (Å²) in [5, 5.41) is 3.10. The third-order valence-corrected chi connectivity index (χ3v) is 2.34. The highest BCUT2D eigenvalue weighted by Crippen LogP contribution is 2.21. The Kier molecular flexibility index (Phi) is 4.06. The van der Waals surface area contributed by atoms with Crippen LogP contribution in [0.15, 0.2) is 36.9 Å². The Morgan fingerprint density at radius 3 is 2.72 bits per heavy atom. The van der Waals surface area contributed by atoms with Crippen molar-refractivity contribution < 1.29 is 9.13 Å². The van der Waals surface area contributed by atoms with E-state index >= 15 is 0 Å². The van der Waals surface area contributed by atoms with Crippen LogP contribution in [0.2, 0.25) is 0 Å². The lowest BCUT2D eigenvalue weighted by molar-refractivity contribution is 0.321. The first-order valence-electron chi connectivity index (χ1n) is 5.69. The first kappa shape index (κ1) is 12.3. The number of halogens is 1. The van der Waals surface area contributed by atoms with Crippen LogP contribution in [0.5, 0.6) is 5.75 Å². The van der Waals surface area contributed by atoms with E-state index in [-0.39, 0.29) is 11.6 Å². The third kappa shape index (κ3) is 3.16. The predicted molar refractivity (Wildman–Crippen MR) is 66.9 cm³/mol. The van der Waals surface area contributed by atoms with E-state index < -0.39 is 0 Å². The largest absolute Gasteiger partial charge is 0.491 e. The molecule has 0 fully saturated rings. The van der Waals surface area contributed by atoms with E-state index in [1.54, 1.807) is 24.5 Å². The normalized spacial score (nSPS) is 10.1. The van der Waals surface area contributed by atoms with E-state index in [9.17, 15) is 4.39 Å². The molecule has 0 radical (unpaired) electrons. The summed E-state index contributed by atoms with van der Waals surface area (Å²) in [6.45, 7) is 2.82. The van der Waals surface area contributed by atoms with Crippen molar-refractivity contribution in [2.24, 2.45) is 0 Å². The molecule has 18 heavy (non-hydrogen) atoms. The van der Waals surface area contributed by atoms with Crippen molar-refractivity contribution in [1.82, 2.24) is 9.97 Å². The molecule has 1 aromatic heterocycles. The van der Waals surface area contributed by atoms with Crippen molar-refractivity contribution in [3.05, 3.63) is 48.3 Å². The quantitative estimate of drug-likeness (QED) is 0.882. The Labute approximate surface area is 105 Å². The van der Waals surface area contributed by atoms with Gasteiger partial charge in [-0.05, 0) is 19.1 Å². The van der Waals surface area contributed by atoms with Gasteiger partial charge in [-0.3, -0.25) is 0 Å². The van der Waals surface area contributed by atoms with Crippen molar-refractivity contribution >= 4 is 5.69 Å². The molecule has 0 amide bonds. The average molecular weight is 247 g/mol. The fourth-order valence-electron chi connectivity index (χ4n) is 1.51. The maximum Gasteiger partial charge on any atom is 0.167 e. The molecule has 0 unspecified atom stereocenters. The summed E-state index contributed by atoms with van der Waals surface area (Å²) in [4.78, 5) is 7.82. The van der Waals surface area contributed by atoms with Crippen LogP contribution < -0.4 is 10.1 Å². The Hall–Kier alpha value is -2.17. The number of nitrogens with one attached hydrogen (secondary N) is 1. The first-order valence-corrected chi connectivity index (χ1v) is 5.69. The molecular formula is C13H14FN3O. The molecular weight excluding hydrogens is 233 g/mol. The monoisotopic (exact) mass is 247 g/mol. The molecule has 0 aliphatic rings. The minimum atomic E-state index is -0.369. The van der Waals surface area contributed by atoms with Crippen LogP contribution >= 0.6 is 0 Å². The molecule has 94 valence electrons. The number of aromatic nitrogens is 2. The van der Waals surface area contributed by atoms with Crippen molar-refractivity contribution in [2.75, 3.05) is 11.9 Å². The lowest BCUT2D eigenvalue weighted by atomic mass is 10.2. The van der Waals surface area contributed by atoms with Gasteiger partial charge < -0.3 is 10.1 Å². The summed E-state index contributed by atoms with van der Waals surface area (Å²) in [6, 6.07) is 4.80. The molecule has 2 aromatic rings. The zero-order valence-electron chi connectivity index (χ0n) is 10.1. The molecule has 1 heterocycles. The number of hydrogen-bond donors (Lipinski definition) is 1. The van der Waals surface area contributed by atoms with Crippen LogP contribution in [0, 0.1) is 5.82 Å². The van der Waals surface area contributed by atoms with Gasteiger partial charge >= 0.3 is 0 Å². The van der Waals surface area contributed by atoms with Crippen molar-refractivity contribution in [3.8, 4) is 5.75 Å². The van der Waals surface area contributed by atoms with Crippen molar-refractivity contribution in [3.63, 3.8) is 0 Å². The van der Waals surface area contributed by atoms with Crippen LogP contribution in [-0.4, -0.2) is 16.6 Å². The van der Waals surface area contributed by atoms with Gasteiger partial charge in [0.1, 0.15) is 6.33 Å². The van der Waals surface area contributed by atoms with E-state index in [1.807, 2.05) is 6.92 Å². The molecule has 5 heteroatoms. The van der Waals surface area contributed by atoms with E-state index in [0.29, 0.717) is 18.8 Å². The zero-order chi connectivity index (χ0) is 12.8. The summed E-state index contributed by atoms with van der Waals surface area (Å²) >= 11 is 0. The van der Waals surface area contributed by atoms with Gasteiger partial charge in [-0.1, -0.05) is 0 Å². The van der Waals surface area contributed by atoms with Crippen molar-refractivity contribution in [1.29, 1.82) is 0 Å². The smallest absolute Gasteiger partial charge is 0.167 e. The molecule has 4 nitrogen and oxygen atoms in total. The fraction of sp³-hybridized carbons (Fsp3) is 0.231. The second-order valence-electron chi connectivity index (χ2n) is 3.68. The molecule has 2 rings (SSSR count). The fourth-order valence-corrected chi connectivity index (χ4v) is 1.51. The topological polar surface area (TPSA) is 47.0 Å². The molecule has 0 saturated heterocycles. The molecule has 0 bridgehead atoms. The summed E-state index contributed by atoms with van der Waals surface area (Å²) < 4.78 is 18.7. The number of ether oxygens (including phenoxy) is 1. The van der Waals surface area contributed by atoms with E-state index in [4.69, 9.17) is 4.74 Å². The Bertz CT molecular complexity index is 505. The number of anilines is 1. The maximum atomic E-state index is 13.6. The summed E-state index contributed by atoms with van der Waals surface area (Å²) in [5.74, 6) is -0.0998. The third-order valence-electron chi connectivity index (χ3n) is 2.34. The maximum absolute atomic E-state index is 13.6. The zero-order valence-corrected chi connectivity index (χ0v) is 10.1. The second-order valence-corrected chi connectivity index (χ2v) is 3.68. The molecule has 0 atom stereocenters. The number of benzene rings is 1. The summed E-state index contributed by atoms with van der Waals surface area (Å²) in [5.41, 5.74) is 1.63. The number of hydrogen-bond acceptors (Lipinski definition) is 4. The first-order chi connectivity index (χ1) is 8.79. The van der Waals surface area contributed by atoms with Gasteiger partial charge in [0.25, 0.3) is 0 Å². The van der Waals surface area contributed by atoms with Crippen LogP contribution in [0.3, 0.4) is 0 Å². The second kappa shape index (κ2) is 5.95. The van der Waals surface area contributed by atoms with Gasteiger partial charge in [-0.2, -0.15) is 0 Å². The highest BCUT2D eigenvalue weighted by Gasteiger charge is 2.03. The van der Waals surface area contributed by atoms with Gasteiger partial charge in [0, 0.05) is 36.3 Å². The Morgan fingerprint density at radius 1 is 1.28 bits per heavy atom. The molecule has 1 aromatic carbocycles. The minimum Gasteiger partial charge on any atom is -0.491 e. The molecule has 1 N–H and O–H groups in total. The van der Waals surface area contributed by atoms with E-state index in [2.05, 4.69) is 15.3 Å². The minimum absolute atomic E-state index is 0.270. The van der Waals surface area contributed by atoms with Crippen LogP contribution in [0.25, 0.3) is 0 Å². The van der Waals surface area contributed by atoms with Gasteiger partial charge in [0.2, 0.25) is 0 Å². The molecule has 0 spiro atoms. The number of rotatable bonds is 5. The highest BCUT2D eigenvalue weighted by molar-refractivity contribution is 5.47. The van der Waals surface area contributed by atoms with Crippen molar-refractivity contribution in [2.45, 2.75) is 13.5 Å². The van der Waals surface area contributed by atoms with Crippen LogP contribution in [0.4, 0.5) is 10.1 Å². The lowest BCUT2D eigenvalue weighted by Crippen LogP contribution is -2.01. The number of nitrogens with zero attached hydrogens (tertiary/aromatic N) is 2. The van der Waals surface area contributed by atoms with Gasteiger partial charge in [0.15, 0.2) is 11.6 Å². The van der Waals surface area contributed by atoms with Gasteiger partial charge in [-0.25, -0.2) is 14.4 Å². The molecule has 0 aliphatic heterocycles. The Morgan fingerprint density at radius 2 is 2.06 bits per heavy atom. The summed E-state index contributed by atoms with van der Waals surface area (Å²) in [7, 11) is 0. The molecule has 0 saturated carbocycles. The highest BCUT2D eigenvalue weighted by atomic mass is 19.1. The average Bonchev–Trinajstić information content (AvgIpc) is 2.41. The lowest BCUT2D eigenvalue weighted by Gasteiger charge is -2.08. The van der Waals surface area contributed by atoms with Gasteiger partial charge in [0.05, 0.1) is 6.61 Å². The van der Waals surface area contributed by atoms with Crippen LogP contribution in [-0.2, 0) is 6.54 Å².